The molecule has 1 heterocycles. The lowest BCUT2D eigenvalue weighted by atomic mass is 9.90. The lowest BCUT2D eigenvalue weighted by Gasteiger charge is -2.34. The molecule has 1 aromatic carbocycles. The van der Waals surface area contributed by atoms with Gasteiger partial charge in [0.05, 0.1) is 7.11 Å². The maximum absolute atomic E-state index is 12.2. The van der Waals surface area contributed by atoms with Crippen LogP contribution in [-0.2, 0) is 25.6 Å². The number of nitrogens with one attached hydrogen (secondary N) is 1. The largest absolute Gasteiger partial charge is 0.467 e. The molecular formula is C22H32N2O6. The second-order valence-electron chi connectivity index (χ2n) is 8.43. The van der Waals surface area contributed by atoms with Crippen molar-refractivity contribution in [2.45, 2.75) is 58.3 Å². The summed E-state index contributed by atoms with van der Waals surface area (Å²) < 4.78 is 15.5. The lowest BCUT2D eigenvalue weighted by molar-refractivity contribution is -0.143. The fourth-order valence-electron chi connectivity index (χ4n) is 3.27. The molecule has 0 bridgehead atoms. The van der Waals surface area contributed by atoms with Crippen molar-refractivity contribution in [1.29, 1.82) is 0 Å². The summed E-state index contributed by atoms with van der Waals surface area (Å²) in [6, 6.07) is 8.50. The molecule has 166 valence electrons. The molecule has 1 fully saturated rings. The van der Waals surface area contributed by atoms with Crippen LogP contribution in [0.3, 0.4) is 0 Å². The standard InChI is InChI=1S/C22H32N2O6/c1-22(2,3)30-21(27)24-12-10-16(11-13-24)14-18(19(25)28-4)23-20(26)29-15-17-8-6-5-7-9-17/h5-9,16,18H,10-15H2,1-4H3,(H,23,26). The van der Waals surface area contributed by atoms with E-state index in [1.54, 1.807) is 4.90 Å². The highest BCUT2D eigenvalue weighted by Gasteiger charge is 2.31. The van der Waals surface area contributed by atoms with Crippen molar-refractivity contribution in [3.8, 4) is 0 Å². The van der Waals surface area contributed by atoms with Gasteiger partial charge >= 0.3 is 18.2 Å². The summed E-state index contributed by atoms with van der Waals surface area (Å²) in [6.45, 7) is 6.72. The average molecular weight is 421 g/mol. The number of amides is 2. The number of hydrogen-bond donors (Lipinski definition) is 1. The van der Waals surface area contributed by atoms with E-state index in [0.717, 1.165) is 5.56 Å². The van der Waals surface area contributed by atoms with E-state index in [9.17, 15) is 14.4 Å². The average Bonchev–Trinajstić information content (AvgIpc) is 2.71. The molecule has 0 aromatic heterocycles. The first-order valence-corrected chi connectivity index (χ1v) is 10.2. The Morgan fingerprint density at radius 3 is 2.33 bits per heavy atom. The molecule has 2 amide bonds. The third kappa shape index (κ3) is 7.93. The fraction of sp³-hybridized carbons (Fsp3) is 0.591. The van der Waals surface area contributed by atoms with Crippen molar-refractivity contribution in [3.05, 3.63) is 35.9 Å². The molecule has 2 rings (SSSR count). The Hall–Kier alpha value is -2.77. The molecule has 1 aliphatic rings. The van der Waals surface area contributed by atoms with E-state index in [2.05, 4.69) is 5.32 Å². The monoisotopic (exact) mass is 420 g/mol. The molecule has 0 aliphatic carbocycles. The van der Waals surface area contributed by atoms with Crippen LogP contribution >= 0.6 is 0 Å². The van der Waals surface area contributed by atoms with Crippen LogP contribution in [0, 0.1) is 5.92 Å². The normalized spacial score (nSPS) is 15.8. The Balaban J connectivity index is 1.83. The molecule has 8 nitrogen and oxygen atoms in total. The molecule has 0 spiro atoms. The summed E-state index contributed by atoms with van der Waals surface area (Å²) in [4.78, 5) is 38.2. The van der Waals surface area contributed by atoms with Crippen LogP contribution in [0.5, 0.6) is 0 Å². The summed E-state index contributed by atoms with van der Waals surface area (Å²) in [6.07, 6.45) is 0.865. The Morgan fingerprint density at radius 1 is 1.13 bits per heavy atom. The Kier molecular flexibility index (Phi) is 8.50. The summed E-state index contributed by atoms with van der Waals surface area (Å²) in [7, 11) is 1.29. The predicted octanol–water partition coefficient (Wildman–Crippen LogP) is 3.49. The maximum atomic E-state index is 12.2. The number of rotatable bonds is 6. The van der Waals surface area contributed by atoms with Gasteiger partial charge < -0.3 is 24.4 Å². The van der Waals surface area contributed by atoms with Gasteiger partial charge in [0.15, 0.2) is 0 Å². The van der Waals surface area contributed by atoms with Gasteiger partial charge in [-0.1, -0.05) is 30.3 Å². The third-order valence-corrected chi connectivity index (χ3v) is 4.83. The van der Waals surface area contributed by atoms with Crippen LogP contribution in [0.1, 0.15) is 45.6 Å². The van der Waals surface area contributed by atoms with E-state index in [1.807, 2.05) is 51.1 Å². The minimum absolute atomic E-state index is 0.120. The number of hydrogen-bond acceptors (Lipinski definition) is 6. The molecule has 30 heavy (non-hydrogen) atoms. The van der Waals surface area contributed by atoms with E-state index in [4.69, 9.17) is 14.2 Å². The lowest BCUT2D eigenvalue weighted by Crippen LogP contribution is -2.46. The highest BCUT2D eigenvalue weighted by molar-refractivity contribution is 5.81. The van der Waals surface area contributed by atoms with Crippen LogP contribution < -0.4 is 5.32 Å². The molecule has 1 aliphatic heterocycles. The number of methoxy groups -OCH3 is 1. The minimum atomic E-state index is -0.795. The summed E-state index contributed by atoms with van der Waals surface area (Å²) in [5, 5.41) is 2.61. The highest BCUT2D eigenvalue weighted by Crippen LogP contribution is 2.24. The van der Waals surface area contributed by atoms with E-state index in [1.165, 1.54) is 7.11 Å². The first-order valence-electron chi connectivity index (χ1n) is 10.2. The number of carbonyl (C=O) groups excluding carboxylic acids is 3. The van der Waals surface area contributed by atoms with Crippen LogP contribution in [-0.4, -0.2) is 54.9 Å². The molecule has 1 saturated heterocycles. The van der Waals surface area contributed by atoms with E-state index < -0.39 is 23.7 Å². The Morgan fingerprint density at radius 2 is 1.77 bits per heavy atom. The SMILES string of the molecule is COC(=O)C(CC1CCN(C(=O)OC(C)(C)C)CC1)NC(=O)OCc1ccccc1. The van der Waals surface area contributed by atoms with Gasteiger partial charge in [-0.2, -0.15) is 0 Å². The topological polar surface area (TPSA) is 94.2 Å². The first-order chi connectivity index (χ1) is 14.2. The van der Waals surface area contributed by atoms with Crippen molar-refractivity contribution in [2.75, 3.05) is 20.2 Å². The second-order valence-corrected chi connectivity index (χ2v) is 8.43. The molecule has 8 heteroatoms. The van der Waals surface area contributed by atoms with Gasteiger partial charge in [0.2, 0.25) is 0 Å². The summed E-state index contributed by atoms with van der Waals surface area (Å²) >= 11 is 0. The minimum Gasteiger partial charge on any atom is -0.467 e. The van der Waals surface area contributed by atoms with E-state index in [0.29, 0.717) is 32.4 Å². The number of nitrogens with zero attached hydrogens (tertiary/aromatic N) is 1. The summed E-state index contributed by atoms with van der Waals surface area (Å²) in [5.74, 6) is -0.344. The molecule has 1 N–H and O–H groups in total. The van der Waals surface area contributed by atoms with Gasteiger partial charge in [-0.15, -0.1) is 0 Å². The number of esters is 1. The van der Waals surface area contributed by atoms with Crippen molar-refractivity contribution < 1.29 is 28.6 Å². The number of carbonyl (C=O) groups is 3. The predicted molar refractivity (Wildman–Crippen MR) is 111 cm³/mol. The van der Waals surface area contributed by atoms with Gasteiger partial charge in [-0.05, 0) is 51.5 Å². The van der Waals surface area contributed by atoms with Gasteiger partial charge in [-0.3, -0.25) is 0 Å². The fourth-order valence-corrected chi connectivity index (χ4v) is 3.27. The quantitative estimate of drug-likeness (QED) is 0.559. The number of ether oxygens (including phenoxy) is 3. The van der Waals surface area contributed by atoms with Gasteiger partial charge in [0.25, 0.3) is 0 Å². The van der Waals surface area contributed by atoms with Crippen molar-refractivity contribution in [1.82, 2.24) is 10.2 Å². The van der Waals surface area contributed by atoms with E-state index >= 15 is 0 Å². The summed E-state index contributed by atoms with van der Waals surface area (Å²) in [5.41, 5.74) is 0.324. The van der Waals surface area contributed by atoms with Crippen molar-refractivity contribution >= 4 is 18.2 Å². The van der Waals surface area contributed by atoms with Crippen molar-refractivity contribution in [2.24, 2.45) is 5.92 Å². The second kappa shape index (κ2) is 10.8. The third-order valence-electron chi connectivity index (χ3n) is 4.83. The molecule has 1 atom stereocenters. The number of benzene rings is 1. The van der Waals surface area contributed by atoms with Gasteiger partial charge in [-0.25, -0.2) is 14.4 Å². The maximum Gasteiger partial charge on any atom is 0.410 e. The van der Waals surface area contributed by atoms with Crippen LogP contribution in [0.25, 0.3) is 0 Å². The number of likely N-dealkylation sites (tertiary alicyclic amines) is 1. The zero-order chi connectivity index (χ0) is 22.1. The van der Waals surface area contributed by atoms with Gasteiger partial charge in [0.1, 0.15) is 18.2 Å². The smallest absolute Gasteiger partial charge is 0.410 e. The van der Waals surface area contributed by atoms with Gasteiger partial charge in [0, 0.05) is 13.1 Å². The zero-order valence-electron chi connectivity index (χ0n) is 18.2. The molecule has 1 aromatic rings. The van der Waals surface area contributed by atoms with Crippen LogP contribution in [0.4, 0.5) is 9.59 Å². The first kappa shape index (κ1) is 23.5. The van der Waals surface area contributed by atoms with Crippen LogP contribution in [0.2, 0.25) is 0 Å². The number of alkyl carbamates (subject to hydrolysis) is 1. The Labute approximate surface area is 177 Å². The van der Waals surface area contributed by atoms with E-state index in [-0.39, 0.29) is 18.6 Å². The van der Waals surface area contributed by atoms with Crippen LogP contribution in [0.15, 0.2) is 30.3 Å². The molecular weight excluding hydrogens is 388 g/mol. The molecule has 0 saturated carbocycles. The zero-order valence-corrected chi connectivity index (χ0v) is 18.2. The highest BCUT2D eigenvalue weighted by atomic mass is 16.6. The molecule has 1 unspecified atom stereocenters. The Bertz CT molecular complexity index is 708. The van der Waals surface area contributed by atoms with Crippen molar-refractivity contribution in [3.63, 3.8) is 0 Å². The number of piperidine rings is 1. The molecule has 0 radical (unpaired) electrons.